The van der Waals surface area contributed by atoms with Crippen molar-refractivity contribution in [3.63, 3.8) is 0 Å². The van der Waals surface area contributed by atoms with Crippen LogP contribution in [-0.4, -0.2) is 43.0 Å². The van der Waals surface area contributed by atoms with Crippen LogP contribution in [0.3, 0.4) is 0 Å². The molecule has 22 heavy (non-hydrogen) atoms. The number of amides is 1. The molecule has 4 N–H and O–H groups in total. The Hall–Kier alpha value is -1.16. The van der Waals surface area contributed by atoms with E-state index in [1.54, 1.807) is 7.05 Å². The maximum absolute atomic E-state index is 11.9. The normalized spacial score (nSPS) is 21.4. The molecular formula is C12H22ClN5O3S. The first-order valence-electron chi connectivity index (χ1n) is 6.89. The molecule has 1 fully saturated rings. The number of hydrogen-bond donors (Lipinski definition) is 3. The summed E-state index contributed by atoms with van der Waals surface area (Å²) in [7, 11) is -2.08. The Morgan fingerprint density at radius 3 is 2.82 bits per heavy atom. The Kier molecular flexibility index (Phi) is 6.79. The molecule has 8 nitrogen and oxygen atoms in total. The van der Waals surface area contributed by atoms with Crippen LogP contribution in [-0.2, 0) is 21.9 Å². The molecule has 1 saturated carbocycles. The molecule has 1 amide bonds. The Labute approximate surface area is 136 Å². The van der Waals surface area contributed by atoms with E-state index in [0.717, 1.165) is 19.3 Å². The number of halogens is 1. The molecule has 0 radical (unpaired) electrons. The van der Waals surface area contributed by atoms with E-state index >= 15 is 0 Å². The van der Waals surface area contributed by atoms with Crippen LogP contribution in [0.1, 0.15) is 19.3 Å². The first-order valence-corrected chi connectivity index (χ1v) is 8.38. The lowest BCUT2D eigenvalue weighted by atomic mass is 10.0. The van der Waals surface area contributed by atoms with Gasteiger partial charge in [-0.25, -0.2) is 18.1 Å². The zero-order valence-corrected chi connectivity index (χ0v) is 14.0. The number of imidazole rings is 1. The Morgan fingerprint density at radius 1 is 1.50 bits per heavy atom. The van der Waals surface area contributed by atoms with Crippen LogP contribution in [0.25, 0.3) is 0 Å². The van der Waals surface area contributed by atoms with Crippen molar-refractivity contribution in [1.29, 1.82) is 0 Å². The van der Waals surface area contributed by atoms with Crippen LogP contribution in [0.15, 0.2) is 17.6 Å². The summed E-state index contributed by atoms with van der Waals surface area (Å²) >= 11 is 0. The maximum Gasteiger partial charge on any atom is 0.260 e. The maximum atomic E-state index is 11.9. The number of nitrogens with two attached hydrogens (primary N) is 1. The number of carbonyl (C=O) groups is 1. The number of carbonyl (C=O) groups excluding carboxylic acids is 1. The molecule has 2 unspecified atom stereocenters. The molecule has 1 aliphatic rings. The lowest BCUT2D eigenvalue weighted by Gasteiger charge is -2.19. The van der Waals surface area contributed by atoms with Gasteiger partial charge in [-0.15, -0.1) is 12.4 Å². The monoisotopic (exact) mass is 351 g/mol. The van der Waals surface area contributed by atoms with Crippen molar-refractivity contribution < 1.29 is 13.2 Å². The number of nitrogens with zero attached hydrogens (tertiary/aromatic N) is 2. The minimum Gasteiger partial charge on any atom is -0.352 e. The average molecular weight is 352 g/mol. The van der Waals surface area contributed by atoms with E-state index in [1.807, 2.05) is 0 Å². The van der Waals surface area contributed by atoms with Crippen molar-refractivity contribution in [3.05, 3.63) is 12.5 Å². The lowest BCUT2D eigenvalue weighted by molar-refractivity contribution is -0.120. The van der Waals surface area contributed by atoms with Gasteiger partial charge < -0.3 is 15.6 Å². The SMILES string of the molecule is Cl.Cn1cnc(S(=O)(=O)NCC(=O)NC2CCCC2CN)c1. The highest BCUT2D eigenvalue weighted by Gasteiger charge is 2.27. The second kappa shape index (κ2) is 7.91. The first kappa shape index (κ1) is 18.9. The summed E-state index contributed by atoms with van der Waals surface area (Å²) in [6.45, 7) is 0.233. The fourth-order valence-corrected chi connectivity index (χ4v) is 3.49. The van der Waals surface area contributed by atoms with Crippen molar-refractivity contribution in [2.24, 2.45) is 18.7 Å². The number of rotatable bonds is 6. The average Bonchev–Trinajstić information content (AvgIpc) is 3.05. The van der Waals surface area contributed by atoms with Gasteiger partial charge in [0.2, 0.25) is 5.91 Å². The highest BCUT2D eigenvalue weighted by Crippen LogP contribution is 2.24. The van der Waals surface area contributed by atoms with E-state index in [-0.39, 0.29) is 41.8 Å². The largest absolute Gasteiger partial charge is 0.352 e. The van der Waals surface area contributed by atoms with Gasteiger partial charge in [0.25, 0.3) is 10.0 Å². The fraction of sp³-hybridized carbons (Fsp3) is 0.667. The van der Waals surface area contributed by atoms with Gasteiger partial charge in [-0.05, 0) is 25.3 Å². The zero-order chi connectivity index (χ0) is 15.5. The minimum absolute atomic E-state index is 0. The summed E-state index contributed by atoms with van der Waals surface area (Å²) in [5.41, 5.74) is 5.65. The third-order valence-electron chi connectivity index (χ3n) is 3.69. The molecule has 0 aromatic carbocycles. The van der Waals surface area contributed by atoms with Gasteiger partial charge in [-0.3, -0.25) is 4.79 Å². The Morgan fingerprint density at radius 2 is 2.23 bits per heavy atom. The minimum atomic E-state index is -3.75. The highest BCUT2D eigenvalue weighted by atomic mass is 35.5. The zero-order valence-electron chi connectivity index (χ0n) is 12.4. The number of sulfonamides is 1. The number of aryl methyl sites for hydroxylation is 1. The van der Waals surface area contributed by atoms with Crippen LogP contribution in [0, 0.1) is 5.92 Å². The number of nitrogens with one attached hydrogen (secondary N) is 2. The molecule has 1 aromatic rings. The number of hydrogen-bond acceptors (Lipinski definition) is 5. The third kappa shape index (κ3) is 4.67. The Bertz CT molecular complexity index is 604. The second-order valence-corrected chi connectivity index (χ2v) is 7.02. The molecular weight excluding hydrogens is 330 g/mol. The molecule has 2 rings (SSSR count). The van der Waals surface area contributed by atoms with E-state index in [2.05, 4.69) is 15.0 Å². The van der Waals surface area contributed by atoms with E-state index < -0.39 is 10.0 Å². The summed E-state index contributed by atoms with van der Waals surface area (Å²) < 4.78 is 27.6. The van der Waals surface area contributed by atoms with Gasteiger partial charge in [0, 0.05) is 19.3 Å². The molecule has 1 aromatic heterocycles. The Balaban J connectivity index is 0.00000242. The summed E-state index contributed by atoms with van der Waals surface area (Å²) in [4.78, 5) is 15.6. The van der Waals surface area contributed by atoms with Crippen molar-refractivity contribution >= 4 is 28.3 Å². The molecule has 126 valence electrons. The van der Waals surface area contributed by atoms with Crippen molar-refractivity contribution in [2.75, 3.05) is 13.1 Å². The first-order chi connectivity index (χ1) is 9.92. The molecule has 1 aliphatic carbocycles. The summed E-state index contributed by atoms with van der Waals surface area (Å²) in [6, 6.07) is 0.0434. The summed E-state index contributed by atoms with van der Waals surface area (Å²) in [6.07, 6.45) is 5.69. The van der Waals surface area contributed by atoms with Gasteiger partial charge in [-0.1, -0.05) is 6.42 Å². The van der Waals surface area contributed by atoms with Gasteiger partial charge in [-0.2, -0.15) is 0 Å². The van der Waals surface area contributed by atoms with Crippen LogP contribution in [0.5, 0.6) is 0 Å². The third-order valence-corrected chi connectivity index (χ3v) is 4.97. The smallest absolute Gasteiger partial charge is 0.260 e. The van der Waals surface area contributed by atoms with Crippen molar-refractivity contribution in [2.45, 2.75) is 30.3 Å². The van der Waals surface area contributed by atoms with Gasteiger partial charge in [0.05, 0.1) is 12.9 Å². The summed E-state index contributed by atoms with van der Waals surface area (Å²) in [5.74, 6) is -0.0683. The summed E-state index contributed by atoms with van der Waals surface area (Å²) in [5, 5.41) is 2.74. The molecule has 10 heteroatoms. The van der Waals surface area contributed by atoms with Gasteiger partial charge in [0.1, 0.15) is 0 Å². The fourth-order valence-electron chi connectivity index (χ4n) is 2.53. The highest BCUT2D eigenvalue weighted by molar-refractivity contribution is 7.89. The van der Waals surface area contributed by atoms with Gasteiger partial charge >= 0.3 is 0 Å². The number of aromatic nitrogens is 2. The van der Waals surface area contributed by atoms with E-state index in [0.29, 0.717) is 6.54 Å². The quantitative estimate of drug-likeness (QED) is 0.630. The molecule has 0 bridgehead atoms. The van der Waals surface area contributed by atoms with Gasteiger partial charge in [0.15, 0.2) is 5.03 Å². The van der Waals surface area contributed by atoms with E-state index in [1.165, 1.54) is 17.1 Å². The lowest BCUT2D eigenvalue weighted by Crippen LogP contribution is -2.44. The van der Waals surface area contributed by atoms with Crippen LogP contribution < -0.4 is 15.8 Å². The van der Waals surface area contributed by atoms with E-state index in [9.17, 15) is 13.2 Å². The van der Waals surface area contributed by atoms with Crippen LogP contribution >= 0.6 is 12.4 Å². The standard InChI is InChI=1S/C12H21N5O3S.ClH/c1-17-7-12(14-8-17)21(19,20)15-6-11(18)16-10-4-2-3-9(10)5-13;/h7-10,15H,2-6,13H2,1H3,(H,16,18);1H. The van der Waals surface area contributed by atoms with E-state index in [4.69, 9.17) is 5.73 Å². The predicted molar refractivity (Wildman–Crippen MR) is 84.0 cm³/mol. The van der Waals surface area contributed by atoms with Crippen molar-refractivity contribution in [3.8, 4) is 0 Å². The molecule has 0 spiro atoms. The predicted octanol–water partition coefficient (Wildman–Crippen LogP) is -0.636. The molecule has 0 aliphatic heterocycles. The topological polar surface area (TPSA) is 119 Å². The van der Waals surface area contributed by atoms with Crippen LogP contribution in [0.4, 0.5) is 0 Å². The molecule has 2 atom stereocenters. The molecule has 0 saturated heterocycles. The second-order valence-electron chi connectivity index (χ2n) is 5.30. The molecule has 1 heterocycles. The van der Waals surface area contributed by atoms with Crippen LogP contribution in [0.2, 0.25) is 0 Å². The van der Waals surface area contributed by atoms with Crippen molar-refractivity contribution in [1.82, 2.24) is 19.6 Å².